The van der Waals surface area contributed by atoms with E-state index in [1.54, 1.807) is 0 Å². The van der Waals surface area contributed by atoms with E-state index in [-0.39, 0.29) is 11.9 Å². The summed E-state index contributed by atoms with van der Waals surface area (Å²) in [6.45, 7) is 8.39. The molecule has 1 heterocycles. The van der Waals surface area contributed by atoms with E-state index in [2.05, 4.69) is 44.3 Å². The van der Waals surface area contributed by atoms with Crippen molar-refractivity contribution < 1.29 is 4.79 Å². The second kappa shape index (κ2) is 5.74. The molecule has 1 amide bonds. The van der Waals surface area contributed by atoms with Crippen molar-refractivity contribution in [1.82, 2.24) is 5.32 Å². The molecule has 1 aliphatic rings. The zero-order valence-electron chi connectivity index (χ0n) is 12.3. The highest BCUT2D eigenvalue weighted by atomic mass is 16.2. The molecule has 19 heavy (non-hydrogen) atoms. The molecular weight excluding hydrogens is 236 g/mol. The lowest BCUT2D eigenvalue weighted by molar-refractivity contribution is -0.118. The maximum absolute atomic E-state index is 12.2. The average molecular weight is 260 g/mol. The number of carbonyl (C=O) groups excluding carboxylic acids is 1. The summed E-state index contributed by atoms with van der Waals surface area (Å²) in [6.07, 6.45) is 1.53. The van der Waals surface area contributed by atoms with E-state index in [4.69, 9.17) is 0 Å². The van der Waals surface area contributed by atoms with Crippen LogP contribution in [0, 0.1) is 0 Å². The largest absolute Gasteiger partial charge is 0.309 e. The Morgan fingerprint density at radius 3 is 2.74 bits per heavy atom. The van der Waals surface area contributed by atoms with Crippen molar-refractivity contribution in [3.63, 3.8) is 0 Å². The highest BCUT2D eigenvalue weighted by Gasteiger charge is 2.32. The van der Waals surface area contributed by atoms with Gasteiger partial charge in [0.25, 0.3) is 0 Å². The minimum atomic E-state index is 0.211. The molecule has 0 fully saturated rings. The molecule has 2 atom stereocenters. The van der Waals surface area contributed by atoms with Gasteiger partial charge < -0.3 is 10.2 Å². The van der Waals surface area contributed by atoms with Crippen molar-refractivity contribution >= 4 is 11.6 Å². The van der Waals surface area contributed by atoms with Crippen molar-refractivity contribution in [3.8, 4) is 0 Å². The minimum absolute atomic E-state index is 0.211. The number of hydrogen-bond donors (Lipinski definition) is 1. The van der Waals surface area contributed by atoms with E-state index in [0.717, 1.165) is 12.1 Å². The van der Waals surface area contributed by atoms with Crippen LogP contribution < -0.4 is 10.2 Å². The van der Waals surface area contributed by atoms with Gasteiger partial charge in [-0.05, 0) is 25.0 Å². The number of rotatable bonds is 3. The maximum atomic E-state index is 12.2. The second-order valence-electron chi connectivity index (χ2n) is 5.63. The summed E-state index contributed by atoms with van der Waals surface area (Å²) >= 11 is 0. The molecule has 0 saturated heterocycles. The third-order valence-electron chi connectivity index (χ3n) is 3.69. The molecule has 1 aliphatic heterocycles. The standard InChI is InChI=1S/C16H24N2O/c1-5-16(19)18-12(4)10-14(17-11(2)3)13-8-6-7-9-15(13)18/h6-9,11-12,14,17H,5,10H2,1-4H3. The first-order chi connectivity index (χ1) is 9.04. The molecule has 0 spiro atoms. The normalized spacial score (nSPS) is 22.5. The van der Waals surface area contributed by atoms with Gasteiger partial charge in [0.05, 0.1) is 0 Å². The summed E-state index contributed by atoms with van der Waals surface area (Å²) in [4.78, 5) is 14.1. The van der Waals surface area contributed by atoms with Crippen LogP contribution in [0.5, 0.6) is 0 Å². The van der Waals surface area contributed by atoms with Crippen LogP contribution in [0.4, 0.5) is 5.69 Å². The van der Waals surface area contributed by atoms with Crippen LogP contribution in [0.15, 0.2) is 24.3 Å². The highest BCUT2D eigenvalue weighted by molar-refractivity contribution is 5.95. The van der Waals surface area contributed by atoms with Gasteiger partial charge in [0.2, 0.25) is 5.91 Å². The summed E-state index contributed by atoms with van der Waals surface area (Å²) in [5, 5.41) is 3.61. The van der Waals surface area contributed by atoms with Crippen LogP contribution in [0.2, 0.25) is 0 Å². The third-order valence-corrected chi connectivity index (χ3v) is 3.69. The fourth-order valence-corrected chi connectivity index (χ4v) is 2.92. The molecule has 2 unspecified atom stereocenters. The number of nitrogens with zero attached hydrogens (tertiary/aromatic N) is 1. The van der Waals surface area contributed by atoms with Gasteiger partial charge in [-0.15, -0.1) is 0 Å². The highest BCUT2D eigenvalue weighted by Crippen LogP contribution is 2.37. The van der Waals surface area contributed by atoms with Crippen LogP contribution in [0.25, 0.3) is 0 Å². The van der Waals surface area contributed by atoms with Crippen LogP contribution in [0.1, 0.15) is 52.1 Å². The van der Waals surface area contributed by atoms with Crippen LogP contribution in [0.3, 0.4) is 0 Å². The number of nitrogens with one attached hydrogen (secondary N) is 1. The van der Waals surface area contributed by atoms with Gasteiger partial charge in [-0.1, -0.05) is 39.0 Å². The SMILES string of the molecule is CCC(=O)N1c2ccccc2C(NC(C)C)CC1C. The molecule has 1 aromatic rings. The molecule has 0 radical (unpaired) electrons. The Balaban J connectivity index is 2.39. The summed E-state index contributed by atoms with van der Waals surface area (Å²) in [5.74, 6) is 0.211. The number of anilines is 1. The van der Waals surface area contributed by atoms with Crippen molar-refractivity contribution in [3.05, 3.63) is 29.8 Å². The molecule has 0 aliphatic carbocycles. The van der Waals surface area contributed by atoms with Crippen molar-refractivity contribution in [2.45, 2.75) is 58.7 Å². The molecule has 0 bridgehead atoms. The zero-order valence-corrected chi connectivity index (χ0v) is 12.3. The molecule has 1 aromatic carbocycles. The lowest BCUT2D eigenvalue weighted by Crippen LogP contribution is -2.46. The Kier molecular flexibility index (Phi) is 4.25. The molecular formula is C16H24N2O. The number of carbonyl (C=O) groups is 1. The van der Waals surface area contributed by atoms with E-state index in [1.807, 2.05) is 17.9 Å². The van der Waals surface area contributed by atoms with Gasteiger partial charge in [-0.3, -0.25) is 4.79 Å². The summed E-state index contributed by atoms with van der Waals surface area (Å²) < 4.78 is 0. The van der Waals surface area contributed by atoms with Gasteiger partial charge in [-0.25, -0.2) is 0 Å². The Labute approximate surface area is 116 Å². The van der Waals surface area contributed by atoms with Crippen molar-refractivity contribution in [1.29, 1.82) is 0 Å². The van der Waals surface area contributed by atoms with E-state index in [1.165, 1.54) is 5.56 Å². The first-order valence-corrected chi connectivity index (χ1v) is 7.21. The minimum Gasteiger partial charge on any atom is -0.309 e. The number of hydrogen-bond acceptors (Lipinski definition) is 2. The molecule has 104 valence electrons. The topological polar surface area (TPSA) is 32.3 Å². The zero-order chi connectivity index (χ0) is 14.0. The van der Waals surface area contributed by atoms with Crippen molar-refractivity contribution in [2.24, 2.45) is 0 Å². The van der Waals surface area contributed by atoms with E-state index in [9.17, 15) is 4.79 Å². The van der Waals surface area contributed by atoms with E-state index in [0.29, 0.717) is 18.5 Å². The van der Waals surface area contributed by atoms with Gasteiger partial charge >= 0.3 is 0 Å². The average Bonchev–Trinajstić information content (AvgIpc) is 2.37. The number of amides is 1. The lowest BCUT2D eigenvalue weighted by atomic mass is 9.91. The Hall–Kier alpha value is -1.35. The van der Waals surface area contributed by atoms with Crippen LogP contribution >= 0.6 is 0 Å². The summed E-state index contributed by atoms with van der Waals surface area (Å²) in [5.41, 5.74) is 2.32. The lowest BCUT2D eigenvalue weighted by Gasteiger charge is -2.40. The predicted molar refractivity (Wildman–Crippen MR) is 79.3 cm³/mol. The molecule has 3 nitrogen and oxygen atoms in total. The Morgan fingerprint density at radius 1 is 1.42 bits per heavy atom. The Bertz CT molecular complexity index is 456. The molecule has 0 saturated carbocycles. The quantitative estimate of drug-likeness (QED) is 0.904. The molecule has 1 N–H and O–H groups in total. The smallest absolute Gasteiger partial charge is 0.226 e. The van der Waals surface area contributed by atoms with Crippen LogP contribution in [-0.4, -0.2) is 18.0 Å². The second-order valence-corrected chi connectivity index (χ2v) is 5.63. The molecule has 2 rings (SSSR count). The maximum Gasteiger partial charge on any atom is 0.226 e. The number of fused-ring (bicyclic) bond motifs is 1. The number of benzene rings is 1. The predicted octanol–water partition coefficient (Wildman–Crippen LogP) is 3.26. The third kappa shape index (κ3) is 2.81. The summed E-state index contributed by atoms with van der Waals surface area (Å²) in [6, 6.07) is 9.30. The van der Waals surface area contributed by atoms with Gasteiger partial charge in [0.1, 0.15) is 0 Å². The van der Waals surface area contributed by atoms with Crippen molar-refractivity contribution in [2.75, 3.05) is 4.90 Å². The fourth-order valence-electron chi connectivity index (χ4n) is 2.92. The Morgan fingerprint density at radius 2 is 2.11 bits per heavy atom. The van der Waals surface area contributed by atoms with Crippen LogP contribution in [-0.2, 0) is 4.79 Å². The monoisotopic (exact) mass is 260 g/mol. The first kappa shape index (κ1) is 14.1. The molecule has 3 heteroatoms. The molecule has 0 aromatic heterocycles. The van der Waals surface area contributed by atoms with Gasteiger partial charge in [-0.2, -0.15) is 0 Å². The van der Waals surface area contributed by atoms with Gasteiger partial charge in [0, 0.05) is 30.2 Å². The van der Waals surface area contributed by atoms with E-state index >= 15 is 0 Å². The summed E-state index contributed by atoms with van der Waals surface area (Å²) in [7, 11) is 0. The number of para-hydroxylation sites is 1. The fraction of sp³-hybridized carbons (Fsp3) is 0.562. The van der Waals surface area contributed by atoms with E-state index < -0.39 is 0 Å². The van der Waals surface area contributed by atoms with Gasteiger partial charge in [0.15, 0.2) is 0 Å². The first-order valence-electron chi connectivity index (χ1n) is 7.21.